The fourth-order valence-electron chi connectivity index (χ4n) is 3.07. The summed E-state index contributed by atoms with van der Waals surface area (Å²) in [7, 11) is 0. The summed E-state index contributed by atoms with van der Waals surface area (Å²) in [6, 6.07) is 12.7. The molecule has 0 amide bonds. The number of rotatable bonds is 1. The van der Waals surface area contributed by atoms with Crippen LogP contribution in [0, 0.1) is 20.8 Å². The summed E-state index contributed by atoms with van der Waals surface area (Å²) in [4.78, 5) is 4.28. The van der Waals surface area contributed by atoms with Crippen LogP contribution < -0.4 is 0 Å². The van der Waals surface area contributed by atoms with Crippen LogP contribution in [0.1, 0.15) is 16.8 Å². The lowest BCUT2D eigenvalue weighted by Crippen LogP contribution is -1.99. The number of aryl methyl sites for hydroxylation is 2. The van der Waals surface area contributed by atoms with E-state index >= 15 is 0 Å². The molecule has 0 bridgehead atoms. The maximum absolute atomic E-state index is 5.39. The van der Waals surface area contributed by atoms with Gasteiger partial charge in [0.05, 0.1) is 11.2 Å². The number of hydrogen-bond donors (Lipinski definition) is 0. The Morgan fingerprint density at radius 1 is 1.05 bits per heavy atom. The number of fused-ring (bicyclic) bond motifs is 2. The van der Waals surface area contributed by atoms with Crippen molar-refractivity contribution in [2.24, 2.45) is 0 Å². The van der Waals surface area contributed by atoms with Gasteiger partial charge in [0.15, 0.2) is 12.0 Å². The Hall–Kier alpha value is -2.55. The second-order valence-corrected chi connectivity index (χ2v) is 5.52. The molecule has 0 spiro atoms. The van der Waals surface area contributed by atoms with Crippen molar-refractivity contribution in [1.29, 1.82) is 0 Å². The minimum Gasteiger partial charge on any atom is -0.443 e. The fourth-order valence-corrected chi connectivity index (χ4v) is 3.07. The molecule has 3 heteroatoms. The Labute approximate surface area is 122 Å². The maximum atomic E-state index is 5.39. The molecule has 0 aliphatic rings. The Kier molecular flexibility index (Phi) is 2.45. The Balaban J connectivity index is 2.13. The molecular weight excluding hydrogens is 260 g/mol. The molecular formula is C18H16N2O. The molecule has 3 nitrogen and oxygen atoms in total. The normalized spacial score (nSPS) is 11.6. The number of nitrogens with zero attached hydrogens (tertiary/aromatic N) is 2. The third-order valence-corrected chi connectivity index (χ3v) is 4.32. The van der Waals surface area contributed by atoms with Crippen molar-refractivity contribution < 1.29 is 4.42 Å². The standard InChI is InChI=1S/C18H16N2O/c1-11-8-18-15(19-10-21-18)9-17(11)20-13(3)12(2)14-6-4-5-7-16(14)20/h4-10H,1-3H3. The lowest BCUT2D eigenvalue weighted by molar-refractivity contribution is 0.602. The van der Waals surface area contributed by atoms with E-state index in [0.29, 0.717) is 0 Å². The van der Waals surface area contributed by atoms with Crippen molar-refractivity contribution in [2.45, 2.75) is 20.8 Å². The van der Waals surface area contributed by atoms with Crippen LogP contribution in [0.3, 0.4) is 0 Å². The Morgan fingerprint density at radius 2 is 1.86 bits per heavy atom. The highest BCUT2D eigenvalue weighted by Crippen LogP contribution is 2.31. The zero-order valence-electron chi connectivity index (χ0n) is 12.3. The zero-order chi connectivity index (χ0) is 14.6. The molecule has 0 saturated heterocycles. The summed E-state index contributed by atoms with van der Waals surface area (Å²) in [5, 5.41) is 1.30. The minimum absolute atomic E-state index is 0.835. The number of oxazole rings is 1. The van der Waals surface area contributed by atoms with E-state index in [2.05, 4.69) is 66.7 Å². The third-order valence-electron chi connectivity index (χ3n) is 4.32. The number of hydrogen-bond acceptors (Lipinski definition) is 2. The first-order chi connectivity index (χ1) is 10.2. The molecule has 0 aliphatic carbocycles. The van der Waals surface area contributed by atoms with Gasteiger partial charge in [0.25, 0.3) is 0 Å². The van der Waals surface area contributed by atoms with Gasteiger partial charge in [-0.25, -0.2) is 4.98 Å². The zero-order valence-corrected chi connectivity index (χ0v) is 12.3. The van der Waals surface area contributed by atoms with E-state index in [4.69, 9.17) is 4.42 Å². The lowest BCUT2D eigenvalue weighted by Gasteiger charge is -2.11. The summed E-state index contributed by atoms with van der Waals surface area (Å²) in [6.07, 6.45) is 1.50. The van der Waals surface area contributed by atoms with Crippen LogP contribution in [0.2, 0.25) is 0 Å². The van der Waals surface area contributed by atoms with E-state index in [0.717, 1.165) is 11.1 Å². The van der Waals surface area contributed by atoms with E-state index in [9.17, 15) is 0 Å². The summed E-state index contributed by atoms with van der Waals surface area (Å²) >= 11 is 0. The molecule has 0 saturated carbocycles. The Bertz CT molecular complexity index is 976. The molecule has 0 aliphatic heterocycles. The second kappa shape index (κ2) is 4.22. The highest BCUT2D eigenvalue weighted by atomic mass is 16.3. The third kappa shape index (κ3) is 1.64. The van der Waals surface area contributed by atoms with E-state index in [1.54, 1.807) is 0 Å². The maximum Gasteiger partial charge on any atom is 0.181 e. The van der Waals surface area contributed by atoms with Gasteiger partial charge in [-0.05, 0) is 50.1 Å². The number of aromatic nitrogens is 2. The van der Waals surface area contributed by atoms with Crippen molar-refractivity contribution in [2.75, 3.05) is 0 Å². The summed E-state index contributed by atoms with van der Waals surface area (Å²) in [5.41, 5.74) is 7.90. The van der Waals surface area contributed by atoms with E-state index in [1.807, 2.05) is 0 Å². The van der Waals surface area contributed by atoms with Crippen LogP contribution in [-0.2, 0) is 0 Å². The molecule has 104 valence electrons. The van der Waals surface area contributed by atoms with Crippen LogP contribution in [0.5, 0.6) is 0 Å². The first-order valence-corrected chi connectivity index (χ1v) is 7.07. The van der Waals surface area contributed by atoms with Crippen molar-refractivity contribution in [1.82, 2.24) is 9.55 Å². The van der Waals surface area contributed by atoms with Crippen molar-refractivity contribution in [3.63, 3.8) is 0 Å². The average Bonchev–Trinajstić information content (AvgIpc) is 3.03. The van der Waals surface area contributed by atoms with Crippen LogP contribution in [-0.4, -0.2) is 9.55 Å². The van der Waals surface area contributed by atoms with Gasteiger partial charge in [-0.1, -0.05) is 18.2 Å². The second-order valence-electron chi connectivity index (χ2n) is 5.52. The minimum atomic E-state index is 0.835. The van der Waals surface area contributed by atoms with Gasteiger partial charge in [-0.15, -0.1) is 0 Å². The Morgan fingerprint density at radius 3 is 2.71 bits per heavy atom. The van der Waals surface area contributed by atoms with Gasteiger partial charge in [0.2, 0.25) is 0 Å². The van der Waals surface area contributed by atoms with Crippen molar-refractivity contribution in [3.05, 3.63) is 59.6 Å². The van der Waals surface area contributed by atoms with Crippen LogP contribution >= 0.6 is 0 Å². The quantitative estimate of drug-likeness (QED) is 0.504. The molecule has 2 aromatic carbocycles. The molecule has 21 heavy (non-hydrogen) atoms. The highest BCUT2D eigenvalue weighted by Gasteiger charge is 2.14. The van der Waals surface area contributed by atoms with Gasteiger partial charge < -0.3 is 8.98 Å². The molecule has 2 aromatic heterocycles. The van der Waals surface area contributed by atoms with Crippen LogP contribution in [0.4, 0.5) is 0 Å². The van der Waals surface area contributed by atoms with Crippen molar-refractivity contribution in [3.8, 4) is 5.69 Å². The van der Waals surface area contributed by atoms with Crippen LogP contribution in [0.15, 0.2) is 47.2 Å². The molecule has 0 radical (unpaired) electrons. The van der Waals surface area contributed by atoms with Crippen molar-refractivity contribution >= 4 is 22.0 Å². The SMILES string of the molecule is Cc1cc2ocnc2cc1-n1c(C)c(C)c2ccccc21. The summed E-state index contributed by atoms with van der Waals surface area (Å²) in [6.45, 7) is 6.46. The molecule has 0 N–H and O–H groups in total. The fraction of sp³-hybridized carbons (Fsp3) is 0.167. The predicted molar refractivity (Wildman–Crippen MR) is 85.1 cm³/mol. The first kappa shape index (κ1) is 12.2. The molecule has 2 heterocycles. The predicted octanol–water partition coefficient (Wildman–Crippen LogP) is 4.70. The topological polar surface area (TPSA) is 31.0 Å². The molecule has 0 fully saturated rings. The summed E-state index contributed by atoms with van der Waals surface area (Å²) in [5.74, 6) is 0. The van der Waals surface area contributed by atoms with Gasteiger partial charge in [0, 0.05) is 11.1 Å². The number of para-hydroxylation sites is 1. The smallest absolute Gasteiger partial charge is 0.181 e. The highest BCUT2D eigenvalue weighted by molar-refractivity contribution is 5.88. The van der Waals surface area contributed by atoms with E-state index < -0.39 is 0 Å². The van der Waals surface area contributed by atoms with E-state index in [1.165, 1.54) is 39.8 Å². The molecule has 0 atom stereocenters. The average molecular weight is 276 g/mol. The summed E-state index contributed by atoms with van der Waals surface area (Å²) < 4.78 is 7.71. The largest absolute Gasteiger partial charge is 0.443 e. The molecule has 4 aromatic rings. The van der Waals surface area contributed by atoms with Crippen LogP contribution in [0.25, 0.3) is 27.7 Å². The lowest BCUT2D eigenvalue weighted by atomic mass is 10.1. The van der Waals surface area contributed by atoms with E-state index in [-0.39, 0.29) is 0 Å². The van der Waals surface area contributed by atoms with Gasteiger partial charge >= 0.3 is 0 Å². The first-order valence-electron chi connectivity index (χ1n) is 7.07. The van der Waals surface area contributed by atoms with Gasteiger partial charge in [-0.2, -0.15) is 0 Å². The van der Waals surface area contributed by atoms with Gasteiger partial charge in [-0.3, -0.25) is 0 Å². The molecule has 4 rings (SSSR count). The van der Waals surface area contributed by atoms with Gasteiger partial charge in [0.1, 0.15) is 5.52 Å². The monoisotopic (exact) mass is 276 g/mol. The molecule has 0 unspecified atom stereocenters. The number of benzene rings is 2.